The number of carbonyl (C=O) groups is 5. The highest BCUT2D eigenvalue weighted by atomic mass is 16.5. The molecule has 2 N–H and O–H groups in total. The number of nitrogens with zero attached hydrogens (tertiary/aromatic N) is 2. The topological polar surface area (TPSA) is 152 Å². The Labute approximate surface area is 225 Å². The molecule has 2 atom stereocenters. The number of hydrogen-bond donors (Lipinski definition) is 2. The highest BCUT2D eigenvalue weighted by molar-refractivity contribution is 5.95. The predicted molar refractivity (Wildman–Crippen MR) is 137 cm³/mol. The number of benzene rings is 2. The molecule has 1 aliphatic heterocycles. The van der Waals surface area contributed by atoms with Crippen LogP contribution in [-0.2, 0) is 41.7 Å². The average molecular weight is 542 g/mol. The summed E-state index contributed by atoms with van der Waals surface area (Å²) < 4.78 is 15.2. The van der Waals surface area contributed by atoms with Crippen LogP contribution in [0.25, 0.3) is 0 Å². The Morgan fingerprint density at radius 2 is 1.69 bits per heavy atom. The fraction of sp³-hybridized carbons (Fsp3) is 0.370. The number of carbonyl (C=O) groups excluding carboxylic acids is 4. The minimum Gasteiger partial charge on any atom is -0.497 e. The summed E-state index contributed by atoms with van der Waals surface area (Å²) in [5, 5.41) is 11.7. The molecule has 1 aliphatic rings. The van der Waals surface area contributed by atoms with Crippen LogP contribution < -0.4 is 10.1 Å². The Bertz CT molecular complexity index is 1170. The zero-order valence-corrected chi connectivity index (χ0v) is 21.7. The smallest absolute Gasteiger partial charge is 0.408 e. The quantitative estimate of drug-likeness (QED) is 0.400. The number of esters is 1. The van der Waals surface area contributed by atoms with Gasteiger partial charge in [0.15, 0.2) is 0 Å². The van der Waals surface area contributed by atoms with Crippen LogP contribution in [0, 0.1) is 0 Å². The summed E-state index contributed by atoms with van der Waals surface area (Å²) >= 11 is 0. The van der Waals surface area contributed by atoms with Crippen LogP contribution in [0.2, 0.25) is 0 Å². The van der Waals surface area contributed by atoms with E-state index in [-0.39, 0.29) is 26.1 Å². The van der Waals surface area contributed by atoms with Crippen LogP contribution in [0.5, 0.6) is 5.75 Å². The molecule has 1 saturated heterocycles. The molecular weight excluding hydrogens is 510 g/mol. The van der Waals surface area contributed by atoms with E-state index in [4.69, 9.17) is 19.3 Å². The van der Waals surface area contributed by atoms with Gasteiger partial charge in [0.2, 0.25) is 11.8 Å². The van der Waals surface area contributed by atoms with E-state index >= 15 is 0 Å². The summed E-state index contributed by atoms with van der Waals surface area (Å²) in [7, 11) is 2.67. The second kappa shape index (κ2) is 13.8. The minimum absolute atomic E-state index is 0.0204. The van der Waals surface area contributed by atoms with Gasteiger partial charge >= 0.3 is 18.0 Å². The number of hydrogen-bond acceptors (Lipinski definition) is 8. The van der Waals surface area contributed by atoms with Gasteiger partial charge in [-0.15, -0.1) is 0 Å². The van der Waals surface area contributed by atoms with Gasteiger partial charge in [-0.1, -0.05) is 42.5 Å². The van der Waals surface area contributed by atoms with Crippen molar-refractivity contribution in [1.82, 2.24) is 15.1 Å². The van der Waals surface area contributed by atoms with E-state index in [1.165, 1.54) is 12.0 Å². The molecule has 3 rings (SSSR count). The number of methoxy groups -OCH3 is 2. The second-order valence-electron chi connectivity index (χ2n) is 8.79. The van der Waals surface area contributed by atoms with E-state index < -0.39 is 54.9 Å². The predicted octanol–water partition coefficient (Wildman–Crippen LogP) is 1.22. The number of piperazine rings is 1. The minimum atomic E-state index is -1.29. The molecule has 0 radical (unpaired) electrons. The molecule has 0 bridgehead atoms. The van der Waals surface area contributed by atoms with Crippen LogP contribution in [0.3, 0.4) is 0 Å². The number of alkyl carbamates (subject to hydrolysis) is 1. The molecule has 39 heavy (non-hydrogen) atoms. The summed E-state index contributed by atoms with van der Waals surface area (Å²) in [4.78, 5) is 65.2. The Balaban J connectivity index is 1.83. The number of amides is 3. The lowest BCUT2D eigenvalue weighted by molar-refractivity contribution is -0.159. The third kappa shape index (κ3) is 8.19. The maximum Gasteiger partial charge on any atom is 0.408 e. The lowest BCUT2D eigenvalue weighted by Gasteiger charge is -2.41. The Morgan fingerprint density at radius 3 is 2.31 bits per heavy atom. The fourth-order valence-corrected chi connectivity index (χ4v) is 4.17. The molecule has 0 aliphatic carbocycles. The lowest BCUT2D eigenvalue weighted by Crippen LogP contribution is -2.63. The summed E-state index contributed by atoms with van der Waals surface area (Å²) in [6, 6.07) is 13.4. The van der Waals surface area contributed by atoms with Gasteiger partial charge in [-0.25, -0.2) is 4.79 Å². The van der Waals surface area contributed by atoms with Gasteiger partial charge in [-0.3, -0.25) is 19.2 Å². The number of nitrogens with one attached hydrogen (secondary N) is 1. The van der Waals surface area contributed by atoms with Crippen molar-refractivity contribution in [3.05, 3.63) is 65.7 Å². The van der Waals surface area contributed by atoms with Gasteiger partial charge in [0.25, 0.3) is 0 Å². The standard InChI is InChI=1S/C27H31N3O9/c1-37-20-10-8-18(9-11-20)14-21(28-27(36)39-17-19-6-4-3-5-7-19)25(34)30-13-12-29(16-23(31)32)26(35)22(30)15-24(33)38-2/h3-11,21-22H,12-17H2,1-2H3,(H,28,36)(H,31,32)/t21-,22?/m0/s1. The third-order valence-corrected chi connectivity index (χ3v) is 6.18. The maximum atomic E-state index is 13.8. The molecule has 2 aromatic carbocycles. The first-order valence-corrected chi connectivity index (χ1v) is 12.2. The molecule has 0 spiro atoms. The summed E-state index contributed by atoms with van der Waals surface area (Å²) in [6.45, 7) is -0.688. The molecule has 12 heteroatoms. The van der Waals surface area contributed by atoms with Gasteiger partial charge in [-0.2, -0.15) is 0 Å². The molecular formula is C27H31N3O9. The van der Waals surface area contributed by atoms with Crippen molar-refractivity contribution < 1.29 is 43.3 Å². The SMILES string of the molecule is COC(=O)CC1C(=O)N(CC(=O)O)CCN1C(=O)[C@H](Cc1ccc(OC)cc1)NC(=O)OCc1ccccc1. The number of aliphatic carboxylic acids is 1. The zero-order chi connectivity index (χ0) is 28.4. The van der Waals surface area contributed by atoms with Crippen molar-refractivity contribution >= 4 is 29.8 Å². The summed E-state index contributed by atoms with van der Waals surface area (Å²) in [6.07, 6.45) is -1.26. The first-order valence-electron chi connectivity index (χ1n) is 12.2. The van der Waals surface area contributed by atoms with Gasteiger partial charge in [-0.05, 0) is 23.3 Å². The number of ether oxygens (including phenoxy) is 3. The molecule has 2 aromatic rings. The Hall–Kier alpha value is -4.61. The number of carboxylic acids is 1. The Morgan fingerprint density at radius 1 is 1.00 bits per heavy atom. The van der Waals surface area contributed by atoms with Gasteiger partial charge in [0.05, 0.1) is 20.6 Å². The van der Waals surface area contributed by atoms with E-state index in [1.807, 2.05) is 6.07 Å². The lowest BCUT2D eigenvalue weighted by atomic mass is 10.0. The van der Waals surface area contributed by atoms with Crippen LogP contribution in [0.15, 0.2) is 54.6 Å². The molecule has 0 aromatic heterocycles. The Kier molecular flexibility index (Phi) is 10.2. The van der Waals surface area contributed by atoms with Crippen molar-refractivity contribution in [3.63, 3.8) is 0 Å². The molecule has 12 nitrogen and oxygen atoms in total. The monoisotopic (exact) mass is 541 g/mol. The number of rotatable bonds is 11. The van der Waals surface area contributed by atoms with Crippen LogP contribution in [0.4, 0.5) is 4.79 Å². The normalized spacial score (nSPS) is 15.7. The van der Waals surface area contributed by atoms with Crippen molar-refractivity contribution in [2.45, 2.75) is 31.5 Å². The van der Waals surface area contributed by atoms with E-state index in [1.54, 1.807) is 48.5 Å². The van der Waals surface area contributed by atoms with Crippen molar-refractivity contribution in [2.24, 2.45) is 0 Å². The molecule has 1 fully saturated rings. The highest BCUT2D eigenvalue weighted by Crippen LogP contribution is 2.19. The van der Waals surface area contributed by atoms with Crippen LogP contribution >= 0.6 is 0 Å². The van der Waals surface area contributed by atoms with E-state index in [2.05, 4.69) is 5.32 Å². The molecule has 0 saturated carbocycles. The van der Waals surface area contributed by atoms with Gasteiger partial charge < -0.3 is 34.4 Å². The summed E-state index contributed by atoms with van der Waals surface area (Å²) in [5.41, 5.74) is 1.45. The third-order valence-electron chi connectivity index (χ3n) is 6.18. The van der Waals surface area contributed by atoms with Gasteiger partial charge in [0, 0.05) is 19.5 Å². The van der Waals surface area contributed by atoms with Crippen molar-refractivity contribution in [3.8, 4) is 5.75 Å². The van der Waals surface area contributed by atoms with Crippen molar-refractivity contribution in [1.29, 1.82) is 0 Å². The van der Waals surface area contributed by atoms with Crippen LogP contribution in [-0.4, -0.2) is 90.7 Å². The van der Waals surface area contributed by atoms with E-state index in [0.717, 1.165) is 17.6 Å². The van der Waals surface area contributed by atoms with E-state index in [9.17, 15) is 24.0 Å². The first-order chi connectivity index (χ1) is 18.7. The highest BCUT2D eigenvalue weighted by Gasteiger charge is 2.42. The first kappa shape index (κ1) is 29.0. The maximum absolute atomic E-state index is 13.8. The largest absolute Gasteiger partial charge is 0.497 e. The zero-order valence-electron chi connectivity index (χ0n) is 21.7. The van der Waals surface area contributed by atoms with Gasteiger partial charge in [0.1, 0.15) is 31.0 Å². The molecule has 208 valence electrons. The molecule has 1 heterocycles. The van der Waals surface area contributed by atoms with Crippen LogP contribution in [0.1, 0.15) is 17.5 Å². The molecule has 3 amide bonds. The summed E-state index contributed by atoms with van der Waals surface area (Å²) in [5.74, 6) is -2.68. The average Bonchev–Trinajstić information content (AvgIpc) is 2.94. The fourth-order valence-electron chi connectivity index (χ4n) is 4.17. The molecule has 1 unspecified atom stereocenters. The number of carboxylic acid groups (broad SMARTS) is 1. The van der Waals surface area contributed by atoms with Crippen molar-refractivity contribution in [2.75, 3.05) is 33.9 Å². The second-order valence-corrected chi connectivity index (χ2v) is 8.79. The van der Waals surface area contributed by atoms with E-state index in [0.29, 0.717) is 11.3 Å².